The lowest BCUT2D eigenvalue weighted by molar-refractivity contribution is -0.154. The van der Waals surface area contributed by atoms with Crippen molar-refractivity contribution in [2.75, 3.05) is 50.1 Å². The number of carbonyl (C=O) groups is 1. The Kier molecular flexibility index (Phi) is 7.98. The number of nitrogens with one attached hydrogen (secondary N) is 1. The smallest absolute Gasteiger partial charge is 0.422 e. The Morgan fingerprint density at radius 1 is 1.05 bits per heavy atom. The first kappa shape index (κ1) is 28.5. The number of nitrogens with zero attached hydrogens (tertiary/aromatic N) is 5. The van der Waals surface area contributed by atoms with Crippen LogP contribution in [-0.4, -0.2) is 71.9 Å². The summed E-state index contributed by atoms with van der Waals surface area (Å²) in [7, 11) is 1.26. The second-order valence-corrected chi connectivity index (χ2v) is 9.77. The van der Waals surface area contributed by atoms with Gasteiger partial charge in [0.15, 0.2) is 6.61 Å². The number of alkyl halides is 5. The van der Waals surface area contributed by atoms with E-state index in [4.69, 9.17) is 9.15 Å². The van der Waals surface area contributed by atoms with Crippen molar-refractivity contribution >= 4 is 23.6 Å². The van der Waals surface area contributed by atoms with E-state index < -0.39 is 36.6 Å². The number of esters is 1. The molecule has 2 fully saturated rings. The van der Waals surface area contributed by atoms with Gasteiger partial charge in [0.25, 0.3) is 5.92 Å². The van der Waals surface area contributed by atoms with E-state index in [1.54, 1.807) is 11.0 Å². The number of methoxy groups -OCH3 is 1. The predicted molar refractivity (Wildman–Crippen MR) is 135 cm³/mol. The number of benzene rings is 1. The molecule has 1 aliphatic carbocycles. The van der Waals surface area contributed by atoms with E-state index in [1.165, 1.54) is 37.4 Å². The van der Waals surface area contributed by atoms with Gasteiger partial charge in [0.2, 0.25) is 17.7 Å². The fourth-order valence-electron chi connectivity index (χ4n) is 4.37. The number of aromatic nitrogens is 3. The Morgan fingerprint density at radius 3 is 2.49 bits per heavy atom. The van der Waals surface area contributed by atoms with Gasteiger partial charge in [-0.15, -0.1) is 0 Å². The highest BCUT2D eigenvalue weighted by atomic mass is 19.4. The Bertz CT molecular complexity index is 1370. The molecule has 0 atom stereocenters. The van der Waals surface area contributed by atoms with Crippen LogP contribution in [-0.2, 0) is 17.2 Å². The zero-order valence-electron chi connectivity index (χ0n) is 22.0. The monoisotopic (exact) mass is 582 g/mol. The molecule has 2 aromatic heterocycles. The molecule has 41 heavy (non-hydrogen) atoms. The van der Waals surface area contributed by atoms with Crippen LogP contribution in [0.1, 0.15) is 34.7 Å². The molecule has 1 saturated heterocycles. The molecule has 1 aromatic carbocycles. The van der Waals surface area contributed by atoms with Gasteiger partial charge in [-0.3, -0.25) is 4.90 Å². The number of halogens is 5. The molecule has 1 saturated carbocycles. The third kappa shape index (κ3) is 7.20. The molecule has 10 nitrogen and oxygen atoms in total. The molecule has 1 aliphatic heterocycles. The Balaban J connectivity index is 1.29. The summed E-state index contributed by atoms with van der Waals surface area (Å²) >= 11 is 0. The molecular formula is C26H27F5N6O4. The van der Waals surface area contributed by atoms with Gasteiger partial charge in [-0.2, -0.15) is 28.1 Å². The van der Waals surface area contributed by atoms with E-state index in [2.05, 4.69) is 29.9 Å². The number of ether oxygens (including phenoxy) is 2. The largest absolute Gasteiger partial charge is 0.463 e. The molecule has 15 heteroatoms. The van der Waals surface area contributed by atoms with Crippen LogP contribution in [0.25, 0.3) is 0 Å². The topological polar surface area (TPSA) is 106 Å². The normalized spacial score (nSPS) is 16.5. The van der Waals surface area contributed by atoms with Gasteiger partial charge >= 0.3 is 18.2 Å². The van der Waals surface area contributed by atoms with Crippen molar-refractivity contribution in [3.63, 3.8) is 0 Å². The molecular weight excluding hydrogens is 555 g/mol. The van der Waals surface area contributed by atoms with E-state index >= 15 is 0 Å². The molecule has 3 heterocycles. The van der Waals surface area contributed by atoms with Gasteiger partial charge in [0.1, 0.15) is 5.76 Å². The van der Waals surface area contributed by atoms with Crippen LogP contribution in [0.3, 0.4) is 0 Å². The highest BCUT2D eigenvalue weighted by Gasteiger charge is 2.48. The lowest BCUT2D eigenvalue weighted by atomic mass is 10.0. The Morgan fingerprint density at radius 2 is 1.80 bits per heavy atom. The summed E-state index contributed by atoms with van der Waals surface area (Å²) in [5.74, 6) is -3.67. The van der Waals surface area contributed by atoms with Crippen molar-refractivity contribution in [1.29, 1.82) is 0 Å². The van der Waals surface area contributed by atoms with Gasteiger partial charge in [0, 0.05) is 43.3 Å². The average molecular weight is 583 g/mol. The summed E-state index contributed by atoms with van der Waals surface area (Å²) in [6, 6.07) is 8.26. The minimum absolute atomic E-state index is 0.0739. The Hall–Kier alpha value is -4.01. The van der Waals surface area contributed by atoms with E-state index in [0.717, 1.165) is 0 Å². The average Bonchev–Trinajstić information content (AvgIpc) is 3.71. The van der Waals surface area contributed by atoms with Crippen LogP contribution >= 0.6 is 0 Å². The van der Waals surface area contributed by atoms with Crippen molar-refractivity contribution < 1.29 is 40.6 Å². The first-order valence-electron chi connectivity index (χ1n) is 12.9. The summed E-state index contributed by atoms with van der Waals surface area (Å²) in [6.45, 7) is 0.700. The maximum absolute atomic E-state index is 14.6. The summed E-state index contributed by atoms with van der Waals surface area (Å²) in [5, 5.41) is 2.81. The predicted octanol–water partition coefficient (Wildman–Crippen LogP) is 4.76. The third-order valence-corrected chi connectivity index (χ3v) is 6.64. The van der Waals surface area contributed by atoms with E-state index in [1.807, 2.05) is 0 Å². The van der Waals surface area contributed by atoms with Crippen LogP contribution in [0.2, 0.25) is 0 Å². The molecule has 3 aromatic rings. The maximum atomic E-state index is 14.6. The van der Waals surface area contributed by atoms with Crippen molar-refractivity contribution in [3.05, 3.63) is 53.5 Å². The van der Waals surface area contributed by atoms with Gasteiger partial charge in [-0.1, -0.05) is 12.1 Å². The third-order valence-electron chi connectivity index (χ3n) is 6.64. The van der Waals surface area contributed by atoms with Crippen LogP contribution in [0.5, 0.6) is 6.01 Å². The SMILES string of the molecule is COC(=O)c1ccc(CN2CCN(c3nc(Nc4cccc(C(F)(F)C5CC5)c4)nc(OCC(F)(F)F)n3)CC2)o1. The summed E-state index contributed by atoms with van der Waals surface area (Å²) < 4.78 is 82.7. The second-order valence-electron chi connectivity index (χ2n) is 9.77. The molecule has 0 amide bonds. The molecule has 0 unspecified atom stereocenters. The lowest BCUT2D eigenvalue weighted by Crippen LogP contribution is -2.46. The number of hydrogen-bond acceptors (Lipinski definition) is 10. The lowest BCUT2D eigenvalue weighted by Gasteiger charge is -2.34. The van der Waals surface area contributed by atoms with E-state index in [-0.39, 0.29) is 28.9 Å². The standard InChI is InChI=1S/C26H27F5N6O4/c1-39-21(38)20-8-7-19(41-20)14-36-9-11-37(12-10-36)23-33-22(34-24(35-23)40-15-25(27,28)29)32-18-4-2-3-17(13-18)26(30,31)16-5-6-16/h2-4,7-8,13,16H,5-6,9-12,14-15H2,1H3,(H,32,33,34,35). The number of rotatable bonds is 10. The summed E-state index contributed by atoms with van der Waals surface area (Å²) in [6.07, 6.45) is -3.72. The first-order valence-corrected chi connectivity index (χ1v) is 12.9. The van der Waals surface area contributed by atoms with Gasteiger partial charge in [-0.05, 0) is 37.1 Å². The van der Waals surface area contributed by atoms with Crippen molar-refractivity contribution in [2.45, 2.75) is 31.5 Å². The molecule has 5 rings (SSSR count). The number of hydrogen-bond donors (Lipinski definition) is 1. The minimum Gasteiger partial charge on any atom is -0.463 e. The van der Waals surface area contributed by atoms with E-state index in [9.17, 15) is 26.7 Å². The number of piperazine rings is 1. The molecule has 0 spiro atoms. The highest BCUT2D eigenvalue weighted by Crippen LogP contribution is 2.50. The second kappa shape index (κ2) is 11.5. The van der Waals surface area contributed by atoms with Gasteiger partial charge in [0.05, 0.1) is 13.7 Å². The van der Waals surface area contributed by atoms with Crippen LogP contribution < -0.4 is 15.0 Å². The van der Waals surface area contributed by atoms with Crippen molar-refractivity contribution in [2.24, 2.45) is 5.92 Å². The first-order chi connectivity index (χ1) is 19.5. The van der Waals surface area contributed by atoms with Crippen molar-refractivity contribution in [3.8, 4) is 6.01 Å². The molecule has 0 bridgehead atoms. The van der Waals surface area contributed by atoms with Crippen molar-refractivity contribution in [1.82, 2.24) is 19.9 Å². The molecule has 220 valence electrons. The van der Waals surface area contributed by atoms with Gasteiger partial charge in [-0.25, -0.2) is 13.6 Å². The zero-order chi connectivity index (χ0) is 29.2. The van der Waals surface area contributed by atoms with E-state index in [0.29, 0.717) is 51.3 Å². The molecule has 1 N–H and O–H groups in total. The summed E-state index contributed by atoms with van der Waals surface area (Å²) in [5.41, 5.74) is 0.0792. The number of anilines is 3. The fourth-order valence-corrected chi connectivity index (χ4v) is 4.37. The van der Waals surface area contributed by atoms with Crippen LogP contribution in [0, 0.1) is 5.92 Å². The maximum Gasteiger partial charge on any atom is 0.422 e. The number of furan rings is 1. The summed E-state index contributed by atoms with van der Waals surface area (Å²) in [4.78, 5) is 27.8. The quantitative estimate of drug-likeness (QED) is 0.266. The highest BCUT2D eigenvalue weighted by molar-refractivity contribution is 5.86. The van der Waals surface area contributed by atoms with Gasteiger partial charge < -0.3 is 24.1 Å². The minimum atomic E-state index is -4.62. The van der Waals surface area contributed by atoms with Crippen LogP contribution in [0.4, 0.5) is 39.5 Å². The zero-order valence-corrected chi connectivity index (χ0v) is 22.0. The fraction of sp³-hybridized carbons (Fsp3) is 0.462. The molecule has 0 radical (unpaired) electrons. The van der Waals surface area contributed by atoms with Crippen LogP contribution in [0.15, 0.2) is 40.8 Å². The molecule has 2 aliphatic rings. The number of carbonyl (C=O) groups excluding carboxylic acids is 1. The Labute approximate surface area is 231 Å².